The fourth-order valence-electron chi connectivity index (χ4n) is 1.91. The molecule has 8 nitrogen and oxygen atoms in total. The van der Waals surface area contributed by atoms with E-state index in [9.17, 15) is 14.4 Å². The number of nitrogens with zero attached hydrogens (tertiary/aromatic N) is 3. The summed E-state index contributed by atoms with van der Waals surface area (Å²) >= 11 is 1.02. The molecule has 1 aliphatic heterocycles. The van der Waals surface area contributed by atoms with Crippen LogP contribution in [0.15, 0.2) is 0 Å². The van der Waals surface area contributed by atoms with Crippen LogP contribution in [-0.2, 0) is 4.79 Å². The number of nitrogens with one attached hydrogen (secondary N) is 1. The summed E-state index contributed by atoms with van der Waals surface area (Å²) in [7, 11) is 0. The van der Waals surface area contributed by atoms with Gasteiger partial charge in [-0.3, -0.25) is 14.9 Å². The van der Waals surface area contributed by atoms with Crippen molar-refractivity contribution < 1.29 is 19.5 Å². The van der Waals surface area contributed by atoms with Crippen molar-refractivity contribution >= 4 is 34.9 Å². The first kappa shape index (κ1) is 14.3. The minimum absolute atomic E-state index is 0.177. The average molecular weight is 298 g/mol. The van der Waals surface area contributed by atoms with Gasteiger partial charge in [-0.15, -0.1) is 0 Å². The summed E-state index contributed by atoms with van der Waals surface area (Å²) in [6.45, 7) is 3.62. The van der Waals surface area contributed by atoms with Crippen LogP contribution in [0.2, 0.25) is 0 Å². The molecule has 0 bridgehead atoms. The zero-order valence-corrected chi connectivity index (χ0v) is 11.6. The summed E-state index contributed by atoms with van der Waals surface area (Å²) in [5.41, 5.74) is 0.501. The number of carbonyl (C=O) groups excluding carboxylic acids is 2. The molecule has 0 radical (unpaired) electrons. The van der Waals surface area contributed by atoms with E-state index in [0.717, 1.165) is 17.7 Å². The maximum atomic E-state index is 12.3. The molecule has 1 aliphatic rings. The Morgan fingerprint density at radius 1 is 1.35 bits per heavy atom. The first-order valence-electron chi connectivity index (χ1n) is 5.97. The molecular formula is C11H14N4O4S. The molecule has 20 heavy (non-hydrogen) atoms. The highest BCUT2D eigenvalue weighted by Crippen LogP contribution is 2.24. The van der Waals surface area contributed by atoms with Crippen LogP contribution in [0.3, 0.4) is 0 Å². The lowest BCUT2D eigenvalue weighted by Gasteiger charge is -2.32. The van der Waals surface area contributed by atoms with Crippen molar-refractivity contribution in [2.75, 3.05) is 31.5 Å². The van der Waals surface area contributed by atoms with Crippen molar-refractivity contribution in [2.24, 2.45) is 0 Å². The predicted molar refractivity (Wildman–Crippen MR) is 72.0 cm³/mol. The lowest BCUT2D eigenvalue weighted by Crippen LogP contribution is -2.48. The summed E-state index contributed by atoms with van der Waals surface area (Å²) in [5, 5.41) is 11.0. The lowest BCUT2D eigenvalue weighted by molar-refractivity contribution is -0.119. The van der Waals surface area contributed by atoms with E-state index in [4.69, 9.17) is 5.11 Å². The number of hydrogen-bond acceptors (Lipinski definition) is 5. The molecule has 1 saturated heterocycles. The monoisotopic (exact) mass is 298 g/mol. The molecule has 1 aromatic heterocycles. The molecule has 0 saturated carbocycles. The minimum Gasteiger partial charge on any atom is -0.465 e. The fraction of sp³-hybridized carbons (Fsp3) is 0.455. The number of aromatic nitrogens is 1. The zero-order chi connectivity index (χ0) is 14.7. The van der Waals surface area contributed by atoms with Crippen LogP contribution in [0.4, 0.5) is 9.93 Å². The number of amides is 3. The molecule has 0 atom stereocenters. The molecule has 0 unspecified atom stereocenters. The molecule has 0 spiro atoms. The Balaban J connectivity index is 2.07. The Labute approximate surface area is 119 Å². The molecule has 9 heteroatoms. The number of anilines is 1. The lowest BCUT2D eigenvalue weighted by atomic mass is 10.3. The largest absolute Gasteiger partial charge is 0.465 e. The average Bonchev–Trinajstić information content (AvgIpc) is 2.78. The Morgan fingerprint density at radius 2 is 2.00 bits per heavy atom. The number of carbonyl (C=O) groups is 3. The number of hydrogen-bond donors (Lipinski definition) is 2. The van der Waals surface area contributed by atoms with Crippen LogP contribution in [0.1, 0.15) is 15.4 Å². The number of carboxylic acid groups (broad SMARTS) is 1. The molecule has 1 fully saturated rings. The number of piperazine rings is 1. The van der Waals surface area contributed by atoms with Gasteiger partial charge in [-0.05, 0) is 6.92 Å². The van der Waals surface area contributed by atoms with Gasteiger partial charge in [0.15, 0.2) is 5.13 Å². The second-order valence-electron chi connectivity index (χ2n) is 4.30. The van der Waals surface area contributed by atoms with Crippen molar-refractivity contribution in [3.63, 3.8) is 0 Å². The van der Waals surface area contributed by atoms with E-state index >= 15 is 0 Å². The highest BCUT2D eigenvalue weighted by atomic mass is 32.1. The molecule has 2 N–H and O–H groups in total. The minimum atomic E-state index is -1.21. The van der Waals surface area contributed by atoms with Gasteiger partial charge in [0.2, 0.25) is 6.41 Å². The summed E-state index contributed by atoms with van der Waals surface area (Å²) in [5.74, 6) is -0.177. The Hall–Kier alpha value is -2.16. The molecule has 1 aromatic rings. The van der Waals surface area contributed by atoms with Crippen LogP contribution < -0.4 is 5.32 Å². The third-order valence-electron chi connectivity index (χ3n) is 2.96. The maximum Gasteiger partial charge on any atom is 0.410 e. The van der Waals surface area contributed by atoms with Crippen molar-refractivity contribution in [3.8, 4) is 0 Å². The molecule has 2 rings (SSSR count). The van der Waals surface area contributed by atoms with Crippen LogP contribution in [-0.4, -0.2) is 64.5 Å². The molecule has 108 valence electrons. The standard InChI is InChI=1S/C11H14N4O4S/c1-7-8(20-10(12-7)13-11(18)19)9(17)15-4-2-14(6-16)3-5-15/h6H,2-5H2,1H3,(H,12,13)(H,18,19). The van der Waals surface area contributed by atoms with E-state index < -0.39 is 6.09 Å². The van der Waals surface area contributed by atoms with Crippen LogP contribution in [0, 0.1) is 6.92 Å². The van der Waals surface area contributed by atoms with Gasteiger partial charge >= 0.3 is 6.09 Å². The van der Waals surface area contributed by atoms with Crippen molar-refractivity contribution in [1.82, 2.24) is 14.8 Å². The summed E-state index contributed by atoms with van der Waals surface area (Å²) in [6.07, 6.45) is -0.438. The second-order valence-corrected chi connectivity index (χ2v) is 5.30. The number of thiazole rings is 1. The van der Waals surface area contributed by atoms with E-state index in [1.54, 1.807) is 16.7 Å². The summed E-state index contributed by atoms with van der Waals surface area (Å²) in [6, 6.07) is 0. The molecule has 0 aromatic carbocycles. The van der Waals surface area contributed by atoms with Gasteiger partial charge < -0.3 is 14.9 Å². The fourth-order valence-corrected chi connectivity index (χ4v) is 2.84. The third-order valence-corrected chi connectivity index (χ3v) is 4.02. The molecule has 3 amide bonds. The van der Waals surface area contributed by atoms with Crippen molar-refractivity contribution in [3.05, 3.63) is 10.6 Å². The maximum absolute atomic E-state index is 12.3. The first-order chi connectivity index (χ1) is 9.51. The topological polar surface area (TPSA) is 103 Å². The van der Waals surface area contributed by atoms with Gasteiger partial charge in [0.05, 0.1) is 5.69 Å². The zero-order valence-electron chi connectivity index (χ0n) is 10.8. The van der Waals surface area contributed by atoms with Gasteiger partial charge in [0.25, 0.3) is 5.91 Å². The summed E-state index contributed by atoms with van der Waals surface area (Å²) in [4.78, 5) is 41.2. The van der Waals surface area contributed by atoms with Gasteiger partial charge in [0, 0.05) is 26.2 Å². The van der Waals surface area contributed by atoms with E-state index in [2.05, 4.69) is 10.3 Å². The normalized spacial score (nSPS) is 15.1. The number of rotatable bonds is 3. The Morgan fingerprint density at radius 3 is 2.55 bits per heavy atom. The smallest absolute Gasteiger partial charge is 0.410 e. The van der Waals surface area contributed by atoms with Gasteiger partial charge in [-0.1, -0.05) is 11.3 Å². The SMILES string of the molecule is Cc1nc(NC(=O)O)sc1C(=O)N1CCN(C=O)CC1. The van der Waals surface area contributed by atoms with Crippen molar-refractivity contribution in [2.45, 2.75) is 6.92 Å². The highest BCUT2D eigenvalue weighted by Gasteiger charge is 2.25. The molecule has 0 aliphatic carbocycles. The Kier molecular flexibility index (Phi) is 4.18. The second kappa shape index (κ2) is 5.87. The molecular weight excluding hydrogens is 284 g/mol. The van der Waals surface area contributed by atoms with Gasteiger partial charge in [0.1, 0.15) is 4.88 Å². The van der Waals surface area contributed by atoms with Gasteiger partial charge in [-0.2, -0.15) is 0 Å². The van der Waals surface area contributed by atoms with E-state index in [-0.39, 0.29) is 11.0 Å². The number of aryl methyl sites for hydroxylation is 1. The van der Waals surface area contributed by atoms with Crippen molar-refractivity contribution in [1.29, 1.82) is 0 Å². The predicted octanol–water partition coefficient (Wildman–Crippen LogP) is 0.456. The summed E-state index contributed by atoms with van der Waals surface area (Å²) < 4.78 is 0. The van der Waals surface area contributed by atoms with Crippen LogP contribution in [0.25, 0.3) is 0 Å². The quantitative estimate of drug-likeness (QED) is 0.789. The third kappa shape index (κ3) is 3.05. The van der Waals surface area contributed by atoms with E-state index in [1.165, 1.54) is 0 Å². The van der Waals surface area contributed by atoms with E-state index in [0.29, 0.717) is 36.8 Å². The highest BCUT2D eigenvalue weighted by molar-refractivity contribution is 7.17. The first-order valence-corrected chi connectivity index (χ1v) is 6.79. The van der Waals surface area contributed by atoms with Gasteiger partial charge in [-0.25, -0.2) is 9.78 Å². The van der Waals surface area contributed by atoms with E-state index in [1.807, 2.05) is 0 Å². The molecule has 2 heterocycles. The van der Waals surface area contributed by atoms with Crippen LogP contribution >= 0.6 is 11.3 Å². The van der Waals surface area contributed by atoms with Crippen LogP contribution in [0.5, 0.6) is 0 Å². The Bertz CT molecular complexity index is 537.